The van der Waals surface area contributed by atoms with Crippen molar-refractivity contribution in [2.24, 2.45) is 0 Å². The minimum atomic E-state index is 0.614. The Morgan fingerprint density at radius 3 is 2.35 bits per heavy atom. The van der Waals surface area contributed by atoms with Crippen LogP contribution in [0.25, 0.3) is 79.3 Å². The molecule has 0 atom stereocenters. The fourth-order valence-corrected chi connectivity index (χ4v) is 8.19. The van der Waals surface area contributed by atoms with Crippen LogP contribution in [-0.2, 0) is 0 Å². The van der Waals surface area contributed by atoms with Crippen molar-refractivity contribution in [1.82, 2.24) is 9.55 Å². The molecule has 174 valence electrons. The van der Waals surface area contributed by atoms with Crippen LogP contribution in [0.3, 0.4) is 0 Å². The second-order valence-corrected chi connectivity index (χ2v) is 11.8. The Hall–Kier alpha value is -3.90. The maximum Gasteiger partial charge on any atom is 0.195 e. The largest absolute Gasteiger partial charge is 0.454 e. The zero-order valence-corrected chi connectivity index (χ0v) is 21.5. The molecule has 0 aliphatic heterocycles. The molecule has 0 saturated heterocycles. The SMILES string of the molecule is Clc1cc2sc(-n3c4ccccc4c4cc5c(cc43)sc3ccccc35)nc2c2c1oc1ccccc12. The molecule has 4 heterocycles. The molecule has 9 aromatic rings. The predicted octanol–water partition coefficient (Wildman–Crippen LogP) is 10.3. The van der Waals surface area contributed by atoms with E-state index in [0.717, 1.165) is 37.2 Å². The Labute approximate surface area is 222 Å². The number of hydrogen-bond donors (Lipinski definition) is 0. The molecule has 0 spiro atoms. The second kappa shape index (κ2) is 7.11. The Balaban J connectivity index is 1.43. The highest BCUT2D eigenvalue weighted by Gasteiger charge is 2.21. The van der Waals surface area contributed by atoms with Gasteiger partial charge in [0.05, 0.1) is 31.7 Å². The van der Waals surface area contributed by atoms with Crippen molar-refractivity contribution < 1.29 is 4.42 Å². The first-order chi connectivity index (χ1) is 18.2. The third-order valence-electron chi connectivity index (χ3n) is 7.31. The van der Waals surface area contributed by atoms with E-state index in [2.05, 4.69) is 71.3 Å². The first-order valence-corrected chi connectivity index (χ1v) is 14.0. The van der Waals surface area contributed by atoms with E-state index in [4.69, 9.17) is 21.0 Å². The van der Waals surface area contributed by atoms with Gasteiger partial charge in [-0.05, 0) is 36.4 Å². The van der Waals surface area contributed by atoms with Crippen LogP contribution in [0.5, 0.6) is 0 Å². The fourth-order valence-electron chi connectivity index (χ4n) is 5.72. The van der Waals surface area contributed by atoms with Gasteiger partial charge >= 0.3 is 0 Å². The number of hydrogen-bond acceptors (Lipinski definition) is 4. The number of fused-ring (bicyclic) bond motifs is 11. The van der Waals surface area contributed by atoms with Crippen molar-refractivity contribution in [2.45, 2.75) is 0 Å². The third-order valence-corrected chi connectivity index (χ3v) is 9.71. The number of rotatable bonds is 1. The fraction of sp³-hybridized carbons (Fsp3) is 0. The lowest BCUT2D eigenvalue weighted by molar-refractivity contribution is 0.669. The van der Waals surface area contributed by atoms with E-state index in [9.17, 15) is 0 Å². The van der Waals surface area contributed by atoms with E-state index in [1.54, 1.807) is 11.3 Å². The minimum absolute atomic E-state index is 0.614. The summed E-state index contributed by atoms with van der Waals surface area (Å²) in [7, 11) is 0. The maximum atomic E-state index is 6.72. The Bertz CT molecular complexity index is 2390. The molecule has 4 aromatic heterocycles. The summed E-state index contributed by atoms with van der Waals surface area (Å²) in [5.74, 6) is 0. The lowest BCUT2D eigenvalue weighted by Crippen LogP contribution is -1.92. The van der Waals surface area contributed by atoms with Gasteiger partial charge in [-0.1, -0.05) is 77.5 Å². The minimum Gasteiger partial charge on any atom is -0.454 e. The molecule has 0 amide bonds. The molecule has 0 N–H and O–H groups in total. The van der Waals surface area contributed by atoms with Gasteiger partial charge in [0, 0.05) is 36.3 Å². The number of furan rings is 1. The molecule has 0 saturated carbocycles. The Morgan fingerprint density at radius 2 is 1.43 bits per heavy atom. The summed E-state index contributed by atoms with van der Waals surface area (Å²) in [6, 6.07) is 32.0. The van der Waals surface area contributed by atoms with Crippen LogP contribution in [-0.4, -0.2) is 9.55 Å². The first kappa shape index (κ1) is 20.2. The van der Waals surface area contributed by atoms with Crippen LogP contribution < -0.4 is 0 Å². The van der Waals surface area contributed by atoms with Crippen molar-refractivity contribution in [2.75, 3.05) is 0 Å². The van der Waals surface area contributed by atoms with Gasteiger partial charge in [0.2, 0.25) is 0 Å². The van der Waals surface area contributed by atoms with Crippen LogP contribution in [0, 0.1) is 0 Å². The topological polar surface area (TPSA) is 31.0 Å². The molecular formula is C31H15ClN2OS2. The summed E-state index contributed by atoms with van der Waals surface area (Å²) in [5, 5.41) is 8.64. The number of aromatic nitrogens is 2. The number of para-hydroxylation sites is 2. The van der Waals surface area contributed by atoms with Crippen molar-refractivity contribution >= 4 is 108 Å². The van der Waals surface area contributed by atoms with Crippen LogP contribution in [0.15, 0.2) is 95.4 Å². The van der Waals surface area contributed by atoms with Crippen molar-refractivity contribution in [3.63, 3.8) is 0 Å². The highest BCUT2D eigenvalue weighted by atomic mass is 35.5. The van der Waals surface area contributed by atoms with Gasteiger partial charge in [-0.25, -0.2) is 4.98 Å². The number of nitrogens with zero attached hydrogens (tertiary/aromatic N) is 2. The van der Waals surface area contributed by atoms with E-state index < -0.39 is 0 Å². The highest BCUT2D eigenvalue weighted by molar-refractivity contribution is 7.26. The molecule has 3 nitrogen and oxygen atoms in total. The van der Waals surface area contributed by atoms with Gasteiger partial charge in [-0.15, -0.1) is 11.3 Å². The Kier molecular flexibility index (Phi) is 3.88. The molecule has 5 aromatic carbocycles. The molecule has 0 radical (unpaired) electrons. The van der Waals surface area contributed by atoms with E-state index in [-0.39, 0.29) is 0 Å². The summed E-state index contributed by atoms with van der Waals surface area (Å²) in [6.45, 7) is 0. The van der Waals surface area contributed by atoms with Crippen molar-refractivity contribution in [1.29, 1.82) is 0 Å². The smallest absolute Gasteiger partial charge is 0.195 e. The van der Waals surface area contributed by atoms with Crippen LogP contribution in [0.1, 0.15) is 0 Å². The standard InChI is InChI=1S/C31H15ClN2OS2/c32-21-14-27-29(28-18-9-2-5-11-24(18)35-30(21)28)33-31(37-27)34-22-10-4-1-7-16(22)19-13-20-17-8-3-6-12-25(17)36-26(20)15-23(19)34/h1-15H. The van der Waals surface area contributed by atoms with Crippen LogP contribution in [0.2, 0.25) is 5.02 Å². The molecule has 6 heteroatoms. The highest BCUT2D eigenvalue weighted by Crippen LogP contribution is 2.44. The van der Waals surface area contributed by atoms with Gasteiger partial charge in [-0.2, -0.15) is 0 Å². The van der Waals surface area contributed by atoms with E-state index in [1.165, 1.54) is 36.5 Å². The van der Waals surface area contributed by atoms with Crippen molar-refractivity contribution in [3.8, 4) is 5.13 Å². The van der Waals surface area contributed by atoms with Crippen LogP contribution in [0.4, 0.5) is 0 Å². The molecule has 0 fully saturated rings. The number of benzene rings is 5. The average Bonchev–Trinajstić information content (AvgIpc) is 3.67. The van der Waals surface area contributed by atoms with Gasteiger partial charge in [0.15, 0.2) is 10.7 Å². The van der Waals surface area contributed by atoms with E-state index >= 15 is 0 Å². The summed E-state index contributed by atoms with van der Waals surface area (Å²) >= 11 is 10.2. The molecule has 0 aliphatic rings. The van der Waals surface area contributed by atoms with Crippen molar-refractivity contribution in [3.05, 3.63) is 96.0 Å². The average molecular weight is 531 g/mol. The second-order valence-electron chi connectivity index (χ2n) is 9.32. The third kappa shape index (κ3) is 2.63. The van der Waals surface area contributed by atoms with Gasteiger partial charge in [0.1, 0.15) is 5.58 Å². The lowest BCUT2D eigenvalue weighted by atomic mass is 10.1. The normalized spacial score (nSPS) is 12.5. The molecule has 37 heavy (non-hydrogen) atoms. The first-order valence-electron chi connectivity index (χ1n) is 12.0. The maximum absolute atomic E-state index is 6.72. The molecule has 0 bridgehead atoms. The zero-order chi connectivity index (χ0) is 24.2. The van der Waals surface area contributed by atoms with Gasteiger partial charge < -0.3 is 4.42 Å². The molecular weight excluding hydrogens is 516 g/mol. The number of thiophene rings is 1. The monoisotopic (exact) mass is 530 g/mol. The number of halogens is 1. The zero-order valence-electron chi connectivity index (χ0n) is 19.2. The van der Waals surface area contributed by atoms with E-state index in [1.807, 2.05) is 35.6 Å². The lowest BCUT2D eigenvalue weighted by Gasteiger charge is -2.03. The number of thiazole rings is 1. The molecule has 0 unspecified atom stereocenters. The molecule has 0 aliphatic carbocycles. The van der Waals surface area contributed by atoms with Gasteiger partial charge in [0.25, 0.3) is 0 Å². The predicted molar refractivity (Wildman–Crippen MR) is 159 cm³/mol. The van der Waals surface area contributed by atoms with Gasteiger partial charge in [-0.3, -0.25) is 4.57 Å². The summed E-state index contributed by atoms with van der Waals surface area (Å²) < 4.78 is 12.1. The summed E-state index contributed by atoms with van der Waals surface area (Å²) in [5.41, 5.74) is 4.77. The Morgan fingerprint density at radius 1 is 0.649 bits per heavy atom. The summed E-state index contributed by atoms with van der Waals surface area (Å²) in [4.78, 5) is 5.24. The summed E-state index contributed by atoms with van der Waals surface area (Å²) in [6.07, 6.45) is 0. The van der Waals surface area contributed by atoms with Crippen LogP contribution >= 0.6 is 34.3 Å². The quantitative estimate of drug-likeness (QED) is 0.211. The van der Waals surface area contributed by atoms with E-state index in [0.29, 0.717) is 10.6 Å². The molecule has 9 rings (SSSR count).